The third-order valence-electron chi connectivity index (χ3n) is 7.30. The van der Waals surface area contributed by atoms with Gasteiger partial charge in [-0.05, 0) is 61.9 Å². The summed E-state index contributed by atoms with van der Waals surface area (Å²) >= 11 is 0. The van der Waals surface area contributed by atoms with Crippen LogP contribution in [-0.2, 0) is 11.2 Å². The molecule has 0 radical (unpaired) electrons. The number of carbonyl (C=O) groups is 1. The number of nitrogens with one attached hydrogen (secondary N) is 1. The van der Waals surface area contributed by atoms with Gasteiger partial charge in [0, 0.05) is 43.6 Å². The van der Waals surface area contributed by atoms with Crippen LogP contribution in [-0.4, -0.2) is 62.9 Å². The molecule has 3 fully saturated rings. The van der Waals surface area contributed by atoms with Crippen LogP contribution in [0.4, 0.5) is 4.39 Å². The van der Waals surface area contributed by atoms with Crippen LogP contribution in [0.15, 0.2) is 36.7 Å². The molecule has 0 spiro atoms. The normalized spacial score (nSPS) is 23.4. The smallest absolute Gasteiger partial charge is 0.240 e. The Bertz CT molecular complexity index is 1220. The number of fused-ring (bicyclic) bond motifs is 3. The van der Waals surface area contributed by atoms with Crippen molar-refractivity contribution in [2.75, 3.05) is 13.1 Å². The fraction of sp³-hybridized carbons (Fsp3) is 0.440. The standard InChI is InChI=1S/C25H28FN5O2/c1-14-11-29-24-23(14)22(6-7-28-24)33-21-5-2-15(8-19(21)26)9-20(27)25(32)31-13-17-10-18(31)12-30(17)16-3-4-16/h2,5-8,11,16-18,20H,3-4,9-10,12-13,27H2,1H3,(H,28,29)/t17-,18-,20-/m0/s1. The van der Waals surface area contributed by atoms with Crippen molar-refractivity contribution in [3.8, 4) is 11.5 Å². The number of amides is 1. The first-order valence-corrected chi connectivity index (χ1v) is 11.7. The van der Waals surface area contributed by atoms with Crippen molar-refractivity contribution in [2.24, 2.45) is 5.73 Å². The minimum Gasteiger partial charge on any atom is -0.453 e. The number of halogens is 1. The molecule has 2 bridgehead atoms. The van der Waals surface area contributed by atoms with Gasteiger partial charge in [-0.15, -0.1) is 0 Å². The highest BCUT2D eigenvalue weighted by molar-refractivity contribution is 5.86. The number of pyridine rings is 1. The van der Waals surface area contributed by atoms with Crippen LogP contribution in [0.5, 0.6) is 11.5 Å². The molecular weight excluding hydrogens is 421 g/mol. The van der Waals surface area contributed by atoms with Gasteiger partial charge < -0.3 is 20.4 Å². The summed E-state index contributed by atoms with van der Waals surface area (Å²) in [6, 6.07) is 7.33. The van der Waals surface area contributed by atoms with Crippen LogP contribution in [0, 0.1) is 12.7 Å². The summed E-state index contributed by atoms with van der Waals surface area (Å²) in [6.45, 7) is 3.69. The van der Waals surface area contributed by atoms with E-state index in [0.29, 0.717) is 29.4 Å². The molecule has 2 aliphatic heterocycles. The van der Waals surface area contributed by atoms with Crippen molar-refractivity contribution < 1.29 is 13.9 Å². The maximum absolute atomic E-state index is 14.9. The number of nitrogens with zero attached hydrogens (tertiary/aromatic N) is 3. The Morgan fingerprint density at radius 1 is 1.24 bits per heavy atom. The molecule has 2 saturated heterocycles. The Balaban J connectivity index is 1.12. The number of hydrogen-bond donors (Lipinski definition) is 2. The van der Waals surface area contributed by atoms with Crippen molar-refractivity contribution in [1.82, 2.24) is 19.8 Å². The quantitative estimate of drug-likeness (QED) is 0.604. The number of aromatic amines is 1. The number of rotatable bonds is 6. The zero-order chi connectivity index (χ0) is 22.7. The average molecular weight is 450 g/mol. The van der Waals surface area contributed by atoms with Gasteiger partial charge in [0.25, 0.3) is 0 Å². The molecular formula is C25H28FN5O2. The molecule has 3 aliphatic rings. The molecule has 2 aromatic heterocycles. The second-order valence-corrected chi connectivity index (χ2v) is 9.64. The Morgan fingerprint density at radius 3 is 2.82 bits per heavy atom. The summed E-state index contributed by atoms with van der Waals surface area (Å²) in [6.07, 6.45) is 7.40. The van der Waals surface area contributed by atoms with Gasteiger partial charge in [0.2, 0.25) is 5.91 Å². The van der Waals surface area contributed by atoms with E-state index in [9.17, 15) is 9.18 Å². The predicted molar refractivity (Wildman–Crippen MR) is 123 cm³/mol. The average Bonchev–Trinajstić information content (AvgIpc) is 3.28. The van der Waals surface area contributed by atoms with Crippen molar-refractivity contribution in [3.05, 3.63) is 53.6 Å². The number of piperazine rings is 1. The highest BCUT2D eigenvalue weighted by Gasteiger charge is 2.49. The fourth-order valence-electron chi connectivity index (χ4n) is 5.52. The molecule has 0 unspecified atom stereocenters. The van der Waals surface area contributed by atoms with E-state index in [1.54, 1.807) is 24.4 Å². The van der Waals surface area contributed by atoms with Gasteiger partial charge >= 0.3 is 0 Å². The largest absolute Gasteiger partial charge is 0.453 e. The van der Waals surface area contributed by atoms with E-state index in [1.165, 1.54) is 18.9 Å². The van der Waals surface area contributed by atoms with E-state index in [1.807, 2.05) is 18.0 Å². The van der Waals surface area contributed by atoms with Gasteiger partial charge in [-0.25, -0.2) is 9.37 Å². The predicted octanol–water partition coefficient (Wildman–Crippen LogP) is 3.12. The third-order valence-corrected chi connectivity index (χ3v) is 7.30. The Hall–Kier alpha value is -2.97. The van der Waals surface area contributed by atoms with Crippen LogP contribution in [0.2, 0.25) is 0 Å². The first-order valence-electron chi connectivity index (χ1n) is 11.7. The zero-order valence-electron chi connectivity index (χ0n) is 18.6. The minimum absolute atomic E-state index is 0.0270. The molecule has 33 heavy (non-hydrogen) atoms. The Morgan fingerprint density at radius 2 is 2.09 bits per heavy atom. The molecule has 3 aromatic rings. The number of benzene rings is 1. The molecule has 172 valence electrons. The molecule has 4 heterocycles. The lowest BCUT2D eigenvalue weighted by molar-refractivity contribution is -0.135. The monoisotopic (exact) mass is 449 g/mol. The number of ether oxygens (including phenoxy) is 1. The minimum atomic E-state index is -0.674. The van der Waals surface area contributed by atoms with Gasteiger partial charge in [-0.1, -0.05) is 6.07 Å². The maximum Gasteiger partial charge on any atom is 0.240 e. The summed E-state index contributed by atoms with van der Waals surface area (Å²) in [5.74, 6) is 0.164. The van der Waals surface area contributed by atoms with Gasteiger partial charge in [-0.3, -0.25) is 9.69 Å². The van der Waals surface area contributed by atoms with Crippen molar-refractivity contribution >= 4 is 16.9 Å². The Kier molecular flexibility index (Phi) is 4.88. The van der Waals surface area contributed by atoms with Gasteiger partial charge in [0.05, 0.1) is 11.4 Å². The number of aryl methyl sites for hydroxylation is 1. The van der Waals surface area contributed by atoms with Crippen molar-refractivity contribution in [1.29, 1.82) is 0 Å². The van der Waals surface area contributed by atoms with Crippen LogP contribution in [0.25, 0.3) is 11.0 Å². The molecule has 3 N–H and O–H groups in total. The van der Waals surface area contributed by atoms with Gasteiger partial charge in [-0.2, -0.15) is 0 Å². The lowest BCUT2D eigenvalue weighted by Gasteiger charge is -2.35. The summed E-state index contributed by atoms with van der Waals surface area (Å²) in [4.78, 5) is 24.9. The number of carbonyl (C=O) groups excluding carboxylic acids is 1. The number of H-pyrrole nitrogens is 1. The van der Waals surface area contributed by atoms with Gasteiger partial charge in [0.1, 0.15) is 11.4 Å². The molecule has 3 atom stereocenters. The van der Waals surface area contributed by atoms with E-state index in [-0.39, 0.29) is 17.7 Å². The molecule has 1 aliphatic carbocycles. The molecule has 6 rings (SSSR count). The molecule has 1 aromatic carbocycles. The van der Waals surface area contributed by atoms with E-state index in [0.717, 1.165) is 36.5 Å². The SMILES string of the molecule is Cc1c[nH]c2nccc(Oc3ccc(C[C@H](N)C(=O)N4C[C@@H]5C[C@H]4CN5C4CC4)cc3F)c12. The first-order chi connectivity index (χ1) is 16.0. The van der Waals surface area contributed by atoms with Crippen molar-refractivity contribution in [3.63, 3.8) is 0 Å². The summed E-state index contributed by atoms with van der Waals surface area (Å²) in [5.41, 5.74) is 8.63. The lowest BCUT2D eigenvalue weighted by Crippen LogP contribution is -2.54. The summed E-state index contributed by atoms with van der Waals surface area (Å²) < 4.78 is 20.7. The summed E-state index contributed by atoms with van der Waals surface area (Å²) in [7, 11) is 0. The van der Waals surface area contributed by atoms with Crippen molar-refractivity contribution in [2.45, 2.75) is 56.8 Å². The number of aromatic nitrogens is 2. The molecule has 1 amide bonds. The second kappa shape index (κ2) is 7.81. The summed E-state index contributed by atoms with van der Waals surface area (Å²) in [5, 5.41) is 0.828. The van der Waals surface area contributed by atoms with Crippen LogP contribution >= 0.6 is 0 Å². The Labute approximate surface area is 191 Å². The van der Waals surface area contributed by atoms with E-state index < -0.39 is 11.9 Å². The highest BCUT2D eigenvalue weighted by atomic mass is 19.1. The third kappa shape index (κ3) is 3.67. The first kappa shape index (κ1) is 20.6. The fourth-order valence-corrected chi connectivity index (χ4v) is 5.52. The number of hydrogen-bond acceptors (Lipinski definition) is 5. The highest BCUT2D eigenvalue weighted by Crippen LogP contribution is 2.39. The lowest BCUT2D eigenvalue weighted by atomic mass is 10.0. The molecule has 7 nitrogen and oxygen atoms in total. The second-order valence-electron chi connectivity index (χ2n) is 9.64. The molecule has 8 heteroatoms. The molecule has 1 saturated carbocycles. The zero-order valence-corrected chi connectivity index (χ0v) is 18.6. The maximum atomic E-state index is 14.9. The topological polar surface area (TPSA) is 87.5 Å². The van der Waals surface area contributed by atoms with Crippen LogP contribution in [0.3, 0.4) is 0 Å². The van der Waals surface area contributed by atoms with Crippen LogP contribution in [0.1, 0.15) is 30.4 Å². The van der Waals surface area contributed by atoms with E-state index in [2.05, 4.69) is 14.9 Å². The number of nitrogens with two attached hydrogens (primary N) is 1. The van der Waals surface area contributed by atoms with Crippen LogP contribution < -0.4 is 10.5 Å². The van der Waals surface area contributed by atoms with E-state index in [4.69, 9.17) is 10.5 Å². The van der Waals surface area contributed by atoms with Gasteiger partial charge in [0.15, 0.2) is 11.6 Å². The van der Waals surface area contributed by atoms with E-state index >= 15 is 0 Å². The number of likely N-dealkylation sites (tertiary alicyclic amines) is 2.